The smallest absolute Gasteiger partial charge is 0.337 e. The summed E-state index contributed by atoms with van der Waals surface area (Å²) in [6.07, 6.45) is 8.19. The van der Waals surface area contributed by atoms with Gasteiger partial charge in [-0.2, -0.15) is 0 Å². The van der Waals surface area contributed by atoms with Crippen molar-refractivity contribution in [3.8, 4) is 0 Å². The number of anilines is 2. The molecule has 4 rings (SSSR count). The molecule has 0 radical (unpaired) electrons. The third kappa shape index (κ3) is 4.17. The summed E-state index contributed by atoms with van der Waals surface area (Å²) in [5.74, 6) is 0.412. The number of nitrogens with one attached hydrogen (secondary N) is 1. The number of amides is 4. The third-order valence-electron chi connectivity index (χ3n) is 5.21. The maximum atomic E-state index is 12.9. The summed E-state index contributed by atoms with van der Waals surface area (Å²) >= 11 is 0. The molecule has 0 spiro atoms. The van der Waals surface area contributed by atoms with E-state index in [1.807, 2.05) is 0 Å². The molecule has 154 valence electrons. The van der Waals surface area contributed by atoms with Crippen LogP contribution in [0.5, 0.6) is 0 Å². The lowest BCUT2D eigenvalue weighted by Crippen LogP contribution is -2.47. The molecule has 0 atom stereocenters. The lowest BCUT2D eigenvalue weighted by Gasteiger charge is -2.29. The monoisotopic (exact) mass is 405 g/mol. The van der Waals surface area contributed by atoms with E-state index in [4.69, 9.17) is 5.73 Å². The molecule has 1 aliphatic heterocycles. The van der Waals surface area contributed by atoms with E-state index in [1.165, 1.54) is 23.9 Å². The number of hydrogen-bond donors (Lipinski definition) is 2. The quantitative estimate of drug-likeness (QED) is 0.719. The minimum Gasteiger partial charge on any atom is -0.398 e. The fourth-order valence-corrected chi connectivity index (χ4v) is 3.27. The lowest BCUT2D eigenvalue weighted by molar-refractivity contribution is 0.0818. The second-order valence-electron chi connectivity index (χ2n) is 7.43. The van der Waals surface area contributed by atoms with Gasteiger partial charge in [0.25, 0.3) is 11.8 Å². The fourth-order valence-electron chi connectivity index (χ4n) is 3.27. The van der Waals surface area contributed by atoms with E-state index in [0.717, 1.165) is 17.2 Å². The van der Waals surface area contributed by atoms with E-state index in [2.05, 4.69) is 10.3 Å². The molecule has 30 heavy (non-hydrogen) atoms. The van der Waals surface area contributed by atoms with Crippen molar-refractivity contribution >= 4 is 29.4 Å². The van der Waals surface area contributed by atoms with Crippen LogP contribution in [-0.2, 0) is 0 Å². The van der Waals surface area contributed by atoms with Gasteiger partial charge in [0.1, 0.15) is 5.82 Å². The van der Waals surface area contributed by atoms with Gasteiger partial charge in [-0.25, -0.2) is 9.78 Å². The number of hydrogen-bond acceptors (Lipinski definition) is 5. The highest BCUT2D eigenvalue weighted by molar-refractivity contribution is 6.11. The van der Waals surface area contributed by atoms with Crippen molar-refractivity contribution in [2.24, 2.45) is 5.92 Å². The van der Waals surface area contributed by atoms with Crippen molar-refractivity contribution in [3.63, 3.8) is 0 Å². The zero-order valence-electron chi connectivity index (χ0n) is 16.5. The standard InChI is InChI=1S/C22H23N5O3/c23-18-5-2-1-4-17(18)21(29)27-13-3-12-26(22(27)30)19-9-8-16(14-25-19)20(28)24-11-10-15-6-7-15/h1-5,8-9,12,14-15H,6-7,10-11,13,23H2,(H,24,28). The molecule has 1 aromatic heterocycles. The van der Waals surface area contributed by atoms with Crippen LogP contribution in [0.4, 0.5) is 16.3 Å². The lowest BCUT2D eigenvalue weighted by atomic mass is 10.1. The van der Waals surface area contributed by atoms with Gasteiger partial charge in [0.15, 0.2) is 0 Å². The first kappa shape index (κ1) is 19.6. The Morgan fingerprint density at radius 1 is 1.17 bits per heavy atom. The molecule has 4 amide bonds. The van der Waals surface area contributed by atoms with Crippen molar-refractivity contribution in [2.45, 2.75) is 19.3 Å². The molecule has 1 aliphatic carbocycles. The van der Waals surface area contributed by atoms with Crippen molar-refractivity contribution in [3.05, 3.63) is 66.0 Å². The van der Waals surface area contributed by atoms with Crippen molar-refractivity contribution in [2.75, 3.05) is 23.7 Å². The van der Waals surface area contributed by atoms with Crippen LogP contribution in [0, 0.1) is 5.92 Å². The Kier molecular flexibility index (Phi) is 5.47. The summed E-state index contributed by atoms with van der Waals surface area (Å²) in [6, 6.07) is 9.30. The molecule has 0 saturated heterocycles. The maximum absolute atomic E-state index is 12.9. The van der Waals surface area contributed by atoms with Gasteiger partial charge in [0.05, 0.1) is 17.7 Å². The second-order valence-corrected chi connectivity index (χ2v) is 7.43. The van der Waals surface area contributed by atoms with Gasteiger partial charge < -0.3 is 11.1 Å². The largest absolute Gasteiger partial charge is 0.398 e. The average Bonchev–Trinajstić information content (AvgIpc) is 3.58. The zero-order chi connectivity index (χ0) is 21.1. The molecule has 0 bridgehead atoms. The normalized spacial score (nSPS) is 15.9. The van der Waals surface area contributed by atoms with Crippen molar-refractivity contribution in [1.29, 1.82) is 0 Å². The number of urea groups is 1. The number of para-hydroxylation sites is 1. The summed E-state index contributed by atoms with van der Waals surface area (Å²) in [5, 5.41) is 2.89. The summed E-state index contributed by atoms with van der Waals surface area (Å²) in [6.45, 7) is 0.794. The number of benzene rings is 1. The second kappa shape index (κ2) is 8.36. The van der Waals surface area contributed by atoms with E-state index < -0.39 is 11.9 Å². The van der Waals surface area contributed by atoms with Gasteiger partial charge in [0, 0.05) is 24.6 Å². The van der Waals surface area contributed by atoms with Gasteiger partial charge in [0.2, 0.25) is 0 Å². The Hall–Kier alpha value is -3.68. The van der Waals surface area contributed by atoms with E-state index in [9.17, 15) is 14.4 Å². The zero-order valence-corrected chi connectivity index (χ0v) is 16.5. The average molecular weight is 405 g/mol. The highest BCUT2D eigenvalue weighted by Crippen LogP contribution is 2.31. The van der Waals surface area contributed by atoms with E-state index in [1.54, 1.807) is 48.7 Å². The van der Waals surface area contributed by atoms with E-state index in [-0.39, 0.29) is 18.0 Å². The number of nitrogens with two attached hydrogens (primary N) is 1. The molecule has 2 heterocycles. The Labute approximate surface area is 174 Å². The molecule has 1 saturated carbocycles. The predicted octanol–water partition coefficient (Wildman–Crippen LogP) is 2.79. The topological polar surface area (TPSA) is 109 Å². The van der Waals surface area contributed by atoms with Gasteiger partial charge in [-0.1, -0.05) is 25.0 Å². The maximum Gasteiger partial charge on any atom is 0.337 e. The number of aromatic nitrogens is 1. The molecule has 0 unspecified atom stereocenters. The van der Waals surface area contributed by atoms with Gasteiger partial charge in [-0.3, -0.25) is 19.4 Å². The van der Waals surface area contributed by atoms with Crippen LogP contribution in [0.25, 0.3) is 0 Å². The molecule has 3 N–H and O–H groups in total. The Morgan fingerprint density at radius 2 is 1.97 bits per heavy atom. The summed E-state index contributed by atoms with van der Waals surface area (Å²) in [4.78, 5) is 44.5. The van der Waals surface area contributed by atoms with E-state index >= 15 is 0 Å². The first-order valence-electron chi connectivity index (χ1n) is 9.95. The van der Waals surface area contributed by atoms with Crippen molar-refractivity contribution in [1.82, 2.24) is 15.2 Å². The van der Waals surface area contributed by atoms with Gasteiger partial charge in [-0.15, -0.1) is 0 Å². The minimum atomic E-state index is -0.528. The molecular weight excluding hydrogens is 382 g/mol. The van der Waals surface area contributed by atoms with Crippen LogP contribution in [0.1, 0.15) is 40.0 Å². The van der Waals surface area contributed by atoms with Crippen LogP contribution in [-0.4, -0.2) is 40.8 Å². The SMILES string of the molecule is Nc1ccccc1C(=O)N1CC=CN(c2ccc(C(=O)NCCC3CC3)cn2)C1=O. The number of rotatable bonds is 6. The van der Waals surface area contributed by atoms with Crippen LogP contribution in [0.15, 0.2) is 54.9 Å². The Morgan fingerprint density at radius 3 is 2.67 bits per heavy atom. The van der Waals surface area contributed by atoms with Gasteiger partial charge >= 0.3 is 6.03 Å². The summed E-state index contributed by atoms with van der Waals surface area (Å²) in [5.41, 5.74) is 6.88. The highest BCUT2D eigenvalue weighted by Gasteiger charge is 2.30. The fraction of sp³-hybridized carbons (Fsp3) is 0.273. The van der Waals surface area contributed by atoms with E-state index in [0.29, 0.717) is 23.6 Å². The van der Waals surface area contributed by atoms with Crippen LogP contribution < -0.4 is 16.0 Å². The number of nitrogen functional groups attached to an aromatic ring is 1. The Balaban J connectivity index is 1.44. The van der Waals surface area contributed by atoms with Crippen molar-refractivity contribution < 1.29 is 14.4 Å². The third-order valence-corrected chi connectivity index (χ3v) is 5.21. The first-order chi connectivity index (χ1) is 14.5. The molecule has 2 aliphatic rings. The summed E-state index contributed by atoms with van der Waals surface area (Å²) in [7, 11) is 0. The number of pyridine rings is 1. The number of imide groups is 1. The molecule has 1 aromatic carbocycles. The summed E-state index contributed by atoms with van der Waals surface area (Å²) < 4.78 is 0. The molecule has 8 heteroatoms. The van der Waals surface area contributed by atoms with Crippen LogP contribution in [0.2, 0.25) is 0 Å². The number of carbonyl (C=O) groups excluding carboxylic acids is 3. The first-order valence-corrected chi connectivity index (χ1v) is 9.95. The molecule has 2 aromatic rings. The number of carbonyl (C=O) groups is 3. The highest BCUT2D eigenvalue weighted by atomic mass is 16.2. The van der Waals surface area contributed by atoms with Crippen LogP contribution in [0.3, 0.4) is 0 Å². The minimum absolute atomic E-state index is 0.143. The van der Waals surface area contributed by atoms with Gasteiger partial charge in [-0.05, 0) is 42.7 Å². The molecule has 1 fully saturated rings. The molecule has 8 nitrogen and oxygen atoms in total. The predicted molar refractivity (Wildman–Crippen MR) is 113 cm³/mol. The Bertz CT molecular complexity index is 998. The van der Waals surface area contributed by atoms with Crippen LogP contribution >= 0.6 is 0 Å². The molecular formula is C22H23N5O3. The number of nitrogens with zero attached hydrogens (tertiary/aromatic N) is 3.